The van der Waals surface area contributed by atoms with Gasteiger partial charge in [0, 0.05) is 68.6 Å². The molecule has 3 fully saturated rings. The van der Waals surface area contributed by atoms with Crippen LogP contribution in [-0.4, -0.2) is 94.3 Å². The Kier molecular flexibility index (Phi) is 8.67. The number of carbonyl (C=O) groups excluding carboxylic acids is 3. The topological polar surface area (TPSA) is 110 Å². The third kappa shape index (κ3) is 5.27. The number of likely N-dealkylation sites (N-methyl/N-ethyl adjacent to an activating group) is 1. The Labute approximate surface area is 229 Å². The molecule has 0 aromatic heterocycles. The van der Waals surface area contributed by atoms with Crippen molar-refractivity contribution in [3.05, 3.63) is 34.9 Å². The number of nitrogens with zero attached hydrogens (tertiary/aromatic N) is 3. The SMILES string of the molecule is CCN(C(=O)O)[C@]1(C(=O)C2CCN(C(=O)C3CCC(=O)N(C(C)C)C3)CC2)CNC[C@H]1c1ccc(Cl)cc1. The molecule has 0 saturated carbocycles. The summed E-state index contributed by atoms with van der Waals surface area (Å²) in [6, 6.07) is 7.33. The van der Waals surface area contributed by atoms with Gasteiger partial charge in [-0.25, -0.2) is 4.79 Å². The molecule has 38 heavy (non-hydrogen) atoms. The quantitative estimate of drug-likeness (QED) is 0.543. The van der Waals surface area contributed by atoms with Crippen LogP contribution < -0.4 is 5.32 Å². The van der Waals surface area contributed by atoms with Crippen molar-refractivity contribution in [3.8, 4) is 0 Å². The number of ketones is 1. The summed E-state index contributed by atoms with van der Waals surface area (Å²) in [6.07, 6.45) is 0.819. The average Bonchev–Trinajstić information content (AvgIpc) is 3.34. The largest absolute Gasteiger partial charge is 0.465 e. The highest BCUT2D eigenvalue weighted by molar-refractivity contribution is 6.30. The smallest absolute Gasteiger partial charge is 0.408 e. The molecule has 3 aliphatic rings. The molecule has 1 unspecified atom stereocenters. The molecule has 1 aromatic rings. The maximum Gasteiger partial charge on any atom is 0.408 e. The summed E-state index contributed by atoms with van der Waals surface area (Å²) in [5, 5.41) is 14.0. The monoisotopic (exact) mass is 546 g/mol. The fraction of sp³-hybridized carbons (Fsp3) is 0.643. The van der Waals surface area contributed by atoms with Crippen LogP contribution in [0.1, 0.15) is 57.9 Å². The van der Waals surface area contributed by atoms with Crippen LogP contribution in [0.5, 0.6) is 0 Å². The summed E-state index contributed by atoms with van der Waals surface area (Å²) in [5.41, 5.74) is -0.353. The third-order valence-electron chi connectivity index (χ3n) is 8.64. The van der Waals surface area contributed by atoms with Crippen molar-refractivity contribution >= 4 is 35.3 Å². The van der Waals surface area contributed by atoms with Crippen LogP contribution in [0.4, 0.5) is 4.79 Å². The first-order valence-electron chi connectivity index (χ1n) is 13.7. The zero-order chi connectivity index (χ0) is 27.6. The molecule has 3 saturated heterocycles. The van der Waals surface area contributed by atoms with E-state index in [1.165, 1.54) is 4.90 Å². The van der Waals surface area contributed by atoms with Crippen LogP contribution in [0.3, 0.4) is 0 Å². The van der Waals surface area contributed by atoms with Gasteiger partial charge in [-0.2, -0.15) is 0 Å². The number of likely N-dealkylation sites (tertiary alicyclic amines) is 2. The molecule has 3 aliphatic heterocycles. The van der Waals surface area contributed by atoms with Crippen LogP contribution in [0.25, 0.3) is 0 Å². The van der Waals surface area contributed by atoms with E-state index in [4.69, 9.17) is 11.6 Å². The van der Waals surface area contributed by atoms with Crippen LogP contribution in [0, 0.1) is 11.8 Å². The van der Waals surface area contributed by atoms with Crippen molar-refractivity contribution in [2.24, 2.45) is 11.8 Å². The molecular formula is C28H39ClN4O5. The minimum absolute atomic E-state index is 0.0473. The molecule has 3 heterocycles. The molecule has 1 aromatic carbocycles. The van der Waals surface area contributed by atoms with E-state index >= 15 is 0 Å². The molecule has 0 aliphatic carbocycles. The summed E-state index contributed by atoms with van der Waals surface area (Å²) in [4.78, 5) is 57.2. The van der Waals surface area contributed by atoms with E-state index in [1.54, 1.807) is 24.0 Å². The number of rotatable bonds is 7. The summed E-state index contributed by atoms with van der Waals surface area (Å²) >= 11 is 6.10. The molecule has 2 N–H and O–H groups in total. The Balaban J connectivity index is 1.51. The number of piperidine rings is 2. The number of Topliss-reactive ketones (excluding diaryl/α,β-unsaturated/α-hetero) is 1. The first-order valence-corrected chi connectivity index (χ1v) is 14.1. The second-order valence-corrected chi connectivity index (χ2v) is 11.5. The molecular weight excluding hydrogens is 508 g/mol. The highest BCUT2D eigenvalue weighted by atomic mass is 35.5. The van der Waals surface area contributed by atoms with Crippen LogP contribution in [0.15, 0.2) is 24.3 Å². The Morgan fingerprint density at radius 3 is 2.37 bits per heavy atom. The van der Waals surface area contributed by atoms with Crippen LogP contribution in [0.2, 0.25) is 5.02 Å². The van der Waals surface area contributed by atoms with E-state index in [9.17, 15) is 24.3 Å². The number of benzene rings is 1. The fourth-order valence-corrected chi connectivity index (χ4v) is 6.72. The van der Waals surface area contributed by atoms with Gasteiger partial charge in [0.15, 0.2) is 5.78 Å². The molecule has 10 heteroatoms. The van der Waals surface area contributed by atoms with Gasteiger partial charge in [-0.15, -0.1) is 0 Å². The van der Waals surface area contributed by atoms with E-state index in [-0.39, 0.29) is 54.5 Å². The maximum atomic E-state index is 14.3. The Bertz CT molecular complexity index is 1060. The zero-order valence-electron chi connectivity index (χ0n) is 22.5. The number of carboxylic acid groups (broad SMARTS) is 1. The minimum atomic E-state index is -1.23. The molecule has 0 bridgehead atoms. The van der Waals surface area contributed by atoms with Crippen molar-refractivity contribution in [2.75, 3.05) is 39.3 Å². The first-order chi connectivity index (χ1) is 18.1. The molecule has 4 rings (SSSR count). The maximum absolute atomic E-state index is 14.3. The zero-order valence-corrected chi connectivity index (χ0v) is 23.2. The van der Waals surface area contributed by atoms with Gasteiger partial charge in [-0.3, -0.25) is 19.3 Å². The molecule has 0 spiro atoms. The van der Waals surface area contributed by atoms with E-state index in [2.05, 4.69) is 5.32 Å². The summed E-state index contributed by atoms with van der Waals surface area (Å²) < 4.78 is 0. The van der Waals surface area contributed by atoms with Crippen molar-refractivity contribution in [1.82, 2.24) is 20.0 Å². The number of nitrogens with one attached hydrogen (secondary N) is 1. The third-order valence-corrected chi connectivity index (χ3v) is 8.89. The lowest BCUT2D eigenvalue weighted by Crippen LogP contribution is -2.63. The van der Waals surface area contributed by atoms with E-state index in [0.717, 1.165) is 5.56 Å². The first kappa shape index (κ1) is 28.4. The highest BCUT2D eigenvalue weighted by Crippen LogP contribution is 2.41. The predicted octanol–water partition coefficient (Wildman–Crippen LogP) is 3.22. The van der Waals surface area contributed by atoms with Gasteiger partial charge < -0.3 is 20.2 Å². The molecule has 3 atom stereocenters. The van der Waals surface area contributed by atoms with Gasteiger partial charge >= 0.3 is 6.09 Å². The Hall–Kier alpha value is -2.65. The molecule has 0 radical (unpaired) electrons. The van der Waals surface area contributed by atoms with Crippen molar-refractivity contribution in [1.29, 1.82) is 0 Å². The normalized spacial score (nSPS) is 26.6. The lowest BCUT2D eigenvalue weighted by Gasteiger charge is -2.45. The number of amides is 3. The summed E-state index contributed by atoms with van der Waals surface area (Å²) in [7, 11) is 0. The molecule has 208 valence electrons. The number of hydrogen-bond acceptors (Lipinski definition) is 5. The number of halogens is 1. The Morgan fingerprint density at radius 1 is 1.13 bits per heavy atom. The number of hydrogen-bond donors (Lipinski definition) is 2. The van der Waals surface area contributed by atoms with E-state index < -0.39 is 11.6 Å². The van der Waals surface area contributed by atoms with E-state index in [0.29, 0.717) is 56.9 Å². The van der Waals surface area contributed by atoms with Gasteiger partial charge in [0.1, 0.15) is 5.54 Å². The molecule has 9 nitrogen and oxygen atoms in total. The second kappa shape index (κ2) is 11.6. The minimum Gasteiger partial charge on any atom is -0.465 e. The van der Waals surface area contributed by atoms with Gasteiger partial charge in [0.05, 0.1) is 5.92 Å². The van der Waals surface area contributed by atoms with Gasteiger partial charge in [0.25, 0.3) is 0 Å². The summed E-state index contributed by atoms with van der Waals surface area (Å²) in [6.45, 7) is 7.96. The summed E-state index contributed by atoms with van der Waals surface area (Å²) in [5.74, 6) is -0.839. The second-order valence-electron chi connectivity index (χ2n) is 11.0. The van der Waals surface area contributed by atoms with Gasteiger partial charge in [-0.1, -0.05) is 23.7 Å². The Morgan fingerprint density at radius 2 is 1.79 bits per heavy atom. The predicted molar refractivity (Wildman–Crippen MR) is 144 cm³/mol. The van der Waals surface area contributed by atoms with Crippen LogP contribution >= 0.6 is 11.6 Å². The number of carbonyl (C=O) groups is 4. The lowest BCUT2D eigenvalue weighted by atomic mass is 9.71. The van der Waals surface area contributed by atoms with Crippen molar-refractivity contribution < 1.29 is 24.3 Å². The standard InChI is InChI=1S/C28H39ClN4O5/c1-4-33(27(37)38)28(17-30-15-23(28)19-5-8-22(29)9-6-19)25(35)20-11-13-31(14-12-20)26(36)21-7-10-24(34)32(16-21)18(2)3/h5-6,8-9,18,20-21,23,30H,4,7,10-17H2,1-3H3,(H,37,38)/t21?,23-,28+/m0/s1. The fourth-order valence-electron chi connectivity index (χ4n) is 6.60. The van der Waals surface area contributed by atoms with Gasteiger partial charge in [-0.05, 0) is 57.7 Å². The average molecular weight is 547 g/mol. The highest BCUT2D eigenvalue weighted by Gasteiger charge is 2.56. The van der Waals surface area contributed by atoms with Crippen molar-refractivity contribution in [3.63, 3.8) is 0 Å². The van der Waals surface area contributed by atoms with Crippen LogP contribution in [-0.2, 0) is 14.4 Å². The lowest BCUT2D eigenvalue weighted by molar-refractivity contribution is -0.147. The van der Waals surface area contributed by atoms with Crippen molar-refractivity contribution in [2.45, 2.75) is 64.0 Å². The van der Waals surface area contributed by atoms with E-state index in [1.807, 2.05) is 30.9 Å². The van der Waals surface area contributed by atoms with Gasteiger partial charge in [0.2, 0.25) is 11.8 Å². The molecule has 3 amide bonds.